The van der Waals surface area contributed by atoms with E-state index < -0.39 is 11.7 Å². The van der Waals surface area contributed by atoms with Gasteiger partial charge >= 0.3 is 0 Å². The largest absolute Gasteiger partial charge is 0.325 e. The quantitative estimate of drug-likeness (QED) is 0.494. The molecule has 1 aliphatic heterocycles. The molecule has 1 saturated heterocycles. The monoisotopic (exact) mass is 366 g/mol. The number of alkyl halides is 2. The maximum Gasteiger partial charge on any atom is 0.288 e. The predicted molar refractivity (Wildman–Crippen MR) is 89.0 cm³/mol. The number of rotatable bonds is 5. The second-order valence-corrected chi connectivity index (χ2v) is 6.93. The predicted octanol–water partition coefficient (Wildman–Crippen LogP) is 2.89. The summed E-state index contributed by atoms with van der Waals surface area (Å²) in [4.78, 5) is 38.1. The third kappa shape index (κ3) is 3.89. The van der Waals surface area contributed by atoms with Gasteiger partial charge in [0.15, 0.2) is 0 Å². The Bertz CT molecular complexity index is 695. The molecule has 0 unspecified atom stereocenters. The zero-order chi connectivity index (χ0) is 18.0. The molecule has 3 amide bonds. The summed E-state index contributed by atoms with van der Waals surface area (Å²) in [6, 6.07) is 5.94. The molecule has 1 N–H and O–H groups in total. The van der Waals surface area contributed by atoms with Crippen molar-refractivity contribution in [3.05, 3.63) is 36.4 Å². The maximum absolute atomic E-state index is 12.3. The molecule has 8 heteroatoms. The Morgan fingerprint density at radius 1 is 1.12 bits per heavy atom. The number of nitrogens with one attached hydrogen (secondary N) is 1. The lowest BCUT2D eigenvalue weighted by Crippen LogP contribution is -2.38. The number of benzene rings is 1. The lowest BCUT2D eigenvalue weighted by molar-refractivity contribution is -0.142. The van der Waals surface area contributed by atoms with E-state index in [1.165, 1.54) is 24.3 Å². The zero-order valence-corrected chi connectivity index (χ0v) is 14.0. The summed E-state index contributed by atoms with van der Waals surface area (Å²) in [6.45, 7) is -0.335. The summed E-state index contributed by atoms with van der Waals surface area (Å²) in [5, 5.41) is 2.57. The number of hydrogen-bond donors (Lipinski definition) is 1. The van der Waals surface area contributed by atoms with E-state index in [-0.39, 0.29) is 30.2 Å². The number of carbonyl (C=O) groups excluding carboxylic acids is 3. The van der Waals surface area contributed by atoms with Crippen LogP contribution in [0.25, 0.3) is 0 Å². The minimum atomic E-state index is -2.51. The van der Waals surface area contributed by atoms with Gasteiger partial charge < -0.3 is 5.32 Å². The molecule has 0 radical (unpaired) electrons. The van der Waals surface area contributed by atoms with Crippen LogP contribution in [0.5, 0.6) is 0 Å². The van der Waals surface area contributed by atoms with Crippen LogP contribution in [-0.4, -0.2) is 34.9 Å². The summed E-state index contributed by atoms with van der Waals surface area (Å²) in [6.07, 6.45) is 4.82. The van der Waals surface area contributed by atoms with Crippen LogP contribution in [0, 0.1) is 11.8 Å². The van der Waals surface area contributed by atoms with Crippen LogP contribution >= 0.6 is 11.8 Å². The highest BCUT2D eigenvalue weighted by atomic mass is 32.2. The highest BCUT2D eigenvalue weighted by Crippen LogP contribution is 2.34. The molecule has 0 saturated carbocycles. The minimum absolute atomic E-state index is 0.307. The van der Waals surface area contributed by atoms with Crippen LogP contribution in [0.2, 0.25) is 0 Å². The van der Waals surface area contributed by atoms with Crippen molar-refractivity contribution in [2.24, 2.45) is 11.8 Å². The van der Waals surface area contributed by atoms with Crippen molar-refractivity contribution in [2.75, 3.05) is 11.9 Å². The van der Waals surface area contributed by atoms with E-state index >= 15 is 0 Å². The van der Waals surface area contributed by atoms with E-state index in [0.717, 1.165) is 4.90 Å². The molecule has 1 aromatic carbocycles. The van der Waals surface area contributed by atoms with Crippen molar-refractivity contribution in [3.8, 4) is 0 Å². The first-order valence-corrected chi connectivity index (χ1v) is 8.68. The van der Waals surface area contributed by atoms with E-state index in [9.17, 15) is 23.2 Å². The number of thioether (sulfide) groups is 1. The van der Waals surface area contributed by atoms with Gasteiger partial charge in [-0.2, -0.15) is 8.78 Å². The Kier molecular flexibility index (Phi) is 5.17. The molecule has 2 aliphatic rings. The summed E-state index contributed by atoms with van der Waals surface area (Å²) >= 11 is 0.415. The van der Waals surface area contributed by atoms with Crippen LogP contribution in [0.4, 0.5) is 14.5 Å². The van der Waals surface area contributed by atoms with E-state index in [1.54, 1.807) is 0 Å². The average molecular weight is 366 g/mol. The van der Waals surface area contributed by atoms with E-state index in [4.69, 9.17) is 0 Å². The molecule has 1 aromatic rings. The smallest absolute Gasteiger partial charge is 0.288 e. The molecule has 25 heavy (non-hydrogen) atoms. The Labute approximate surface area is 147 Å². The van der Waals surface area contributed by atoms with Crippen molar-refractivity contribution in [1.82, 2.24) is 4.90 Å². The van der Waals surface area contributed by atoms with Gasteiger partial charge in [0.05, 0.1) is 11.8 Å². The van der Waals surface area contributed by atoms with Gasteiger partial charge in [0.2, 0.25) is 17.7 Å². The summed E-state index contributed by atoms with van der Waals surface area (Å²) in [5.74, 6) is -4.35. The Balaban J connectivity index is 1.59. The minimum Gasteiger partial charge on any atom is -0.325 e. The molecular weight excluding hydrogens is 350 g/mol. The molecule has 3 rings (SSSR count). The number of nitrogens with zero attached hydrogens (tertiary/aromatic N) is 1. The summed E-state index contributed by atoms with van der Waals surface area (Å²) in [5.41, 5.74) is 0.418. The topological polar surface area (TPSA) is 66.5 Å². The van der Waals surface area contributed by atoms with Crippen LogP contribution in [0.3, 0.4) is 0 Å². The first-order chi connectivity index (χ1) is 12.0. The van der Waals surface area contributed by atoms with Gasteiger partial charge in [0.25, 0.3) is 5.76 Å². The van der Waals surface area contributed by atoms with Gasteiger partial charge in [-0.15, -0.1) is 0 Å². The average Bonchev–Trinajstić information content (AvgIpc) is 2.82. The van der Waals surface area contributed by atoms with E-state index in [2.05, 4.69) is 5.32 Å². The van der Waals surface area contributed by atoms with Gasteiger partial charge in [0, 0.05) is 10.6 Å². The Morgan fingerprint density at radius 2 is 1.68 bits per heavy atom. The molecule has 0 bridgehead atoms. The number of amides is 3. The Morgan fingerprint density at radius 3 is 2.20 bits per heavy atom. The fraction of sp³-hybridized carbons (Fsp3) is 0.353. The highest BCUT2D eigenvalue weighted by Gasteiger charge is 2.47. The molecule has 1 fully saturated rings. The number of fused-ring (bicyclic) bond motifs is 1. The number of likely N-dealkylation sites (tertiary alicyclic amines) is 1. The van der Waals surface area contributed by atoms with Gasteiger partial charge in [-0.1, -0.05) is 23.9 Å². The first kappa shape index (κ1) is 17.6. The first-order valence-electron chi connectivity index (χ1n) is 7.80. The maximum atomic E-state index is 12.3. The standard InChI is InChI=1S/C17H16F2N2O3S/c18-17(19)25-11-7-5-10(6-8-11)20-14(22)9-21-15(23)12-3-1-2-4-13(12)16(21)24/h1-2,5-8,12-13,17H,3-4,9H2,(H,20,22)/t12-,13+. The molecule has 1 aliphatic carbocycles. The molecule has 1 heterocycles. The number of allylic oxidation sites excluding steroid dienone is 2. The van der Waals surface area contributed by atoms with Crippen LogP contribution in [0.1, 0.15) is 12.8 Å². The van der Waals surface area contributed by atoms with E-state index in [0.29, 0.717) is 35.2 Å². The van der Waals surface area contributed by atoms with E-state index in [1.807, 2.05) is 12.2 Å². The van der Waals surface area contributed by atoms with Crippen molar-refractivity contribution in [1.29, 1.82) is 0 Å². The lowest BCUT2D eigenvalue weighted by Gasteiger charge is -2.14. The van der Waals surface area contributed by atoms with Crippen LogP contribution < -0.4 is 5.32 Å². The SMILES string of the molecule is O=C(CN1C(=O)[C@H]2CC=CC[C@H]2C1=O)Nc1ccc(SC(F)F)cc1. The second kappa shape index (κ2) is 7.35. The lowest BCUT2D eigenvalue weighted by atomic mass is 9.85. The number of imide groups is 1. The van der Waals surface area contributed by atoms with Crippen LogP contribution in [0.15, 0.2) is 41.3 Å². The molecule has 0 spiro atoms. The molecule has 132 valence electrons. The van der Waals surface area contributed by atoms with Gasteiger partial charge in [-0.3, -0.25) is 19.3 Å². The highest BCUT2D eigenvalue weighted by molar-refractivity contribution is 7.99. The molecular formula is C17H16F2N2O3S. The van der Waals surface area contributed by atoms with Gasteiger partial charge in [-0.25, -0.2) is 0 Å². The molecule has 2 atom stereocenters. The van der Waals surface area contributed by atoms with Crippen LogP contribution in [-0.2, 0) is 14.4 Å². The van der Waals surface area contributed by atoms with Crippen molar-refractivity contribution < 1.29 is 23.2 Å². The van der Waals surface area contributed by atoms with Crippen molar-refractivity contribution >= 4 is 35.2 Å². The third-order valence-electron chi connectivity index (χ3n) is 4.26. The summed E-state index contributed by atoms with van der Waals surface area (Å²) < 4.78 is 24.6. The second-order valence-electron chi connectivity index (χ2n) is 5.87. The fourth-order valence-corrected chi connectivity index (χ4v) is 3.59. The van der Waals surface area contributed by atoms with Crippen molar-refractivity contribution in [2.45, 2.75) is 23.5 Å². The molecule has 5 nitrogen and oxygen atoms in total. The number of anilines is 1. The van der Waals surface area contributed by atoms with Gasteiger partial charge in [-0.05, 0) is 37.1 Å². The Hall–Kier alpha value is -2.22. The summed E-state index contributed by atoms with van der Waals surface area (Å²) in [7, 11) is 0. The number of carbonyl (C=O) groups is 3. The third-order valence-corrected chi connectivity index (χ3v) is 4.99. The normalized spacial score (nSPS) is 22.4. The van der Waals surface area contributed by atoms with Crippen molar-refractivity contribution in [3.63, 3.8) is 0 Å². The fourth-order valence-electron chi connectivity index (χ4n) is 3.09. The zero-order valence-electron chi connectivity index (χ0n) is 13.2. The molecule has 0 aromatic heterocycles. The van der Waals surface area contributed by atoms with Gasteiger partial charge in [0.1, 0.15) is 6.54 Å². The number of hydrogen-bond acceptors (Lipinski definition) is 4. The number of halogens is 2.